The number of aromatic nitrogens is 1. The van der Waals surface area contributed by atoms with Gasteiger partial charge in [0.15, 0.2) is 10.8 Å². The summed E-state index contributed by atoms with van der Waals surface area (Å²) in [7, 11) is 3.30. The fourth-order valence-electron chi connectivity index (χ4n) is 0.600. The van der Waals surface area contributed by atoms with Gasteiger partial charge >= 0.3 is 6.18 Å². The number of halogens is 3. The van der Waals surface area contributed by atoms with Crippen LogP contribution in [0, 0.1) is 0 Å². The van der Waals surface area contributed by atoms with E-state index in [1.165, 1.54) is 0 Å². The van der Waals surface area contributed by atoms with Gasteiger partial charge in [-0.3, -0.25) is 0 Å². The topological polar surface area (TPSA) is 16.1 Å². The predicted molar refractivity (Wildman–Crippen MR) is 41.4 cm³/mol. The van der Waals surface area contributed by atoms with E-state index in [-0.39, 0.29) is 0 Å². The Morgan fingerprint density at radius 3 is 2.25 bits per heavy atom. The molecule has 0 bridgehead atoms. The van der Waals surface area contributed by atoms with Crippen LogP contribution in [0.4, 0.5) is 18.3 Å². The molecule has 0 aromatic carbocycles. The van der Waals surface area contributed by atoms with Gasteiger partial charge in [0.1, 0.15) is 0 Å². The summed E-state index contributed by atoms with van der Waals surface area (Å²) in [5.74, 6) is 0. The van der Waals surface area contributed by atoms with Gasteiger partial charge in [-0.05, 0) is 0 Å². The summed E-state index contributed by atoms with van der Waals surface area (Å²) in [5.41, 5.74) is -0.823. The molecule has 0 saturated carbocycles. The lowest BCUT2D eigenvalue weighted by molar-refractivity contribution is -0.140. The first kappa shape index (κ1) is 9.31. The molecule has 0 aliphatic rings. The zero-order chi connectivity index (χ0) is 9.35. The van der Waals surface area contributed by atoms with Crippen LogP contribution in [0.5, 0.6) is 0 Å². The summed E-state index contributed by atoms with van der Waals surface area (Å²) >= 11 is 0.979. The minimum Gasteiger partial charge on any atom is -0.354 e. The molecule has 0 saturated heterocycles. The van der Waals surface area contributed by atoms with Crippen LogP contribution >= 0.6 is 11.3 Å². The average molecular weight is 196 g/mol. The minimum atomic E-state index is -4.33. The van der Waals surface area contributed by atoms with Crippen molar-refractivity contribution >= 4 is 16.5 Å². The normalized spacial score (nSPS) is 11.8. The van der Waals surface area contributed by atoms with E-state index in [0.29, 0.717) is 5.13 Å². The lowest BCUT2D eigenvalue weighted by atomic mass is 10.5. The Balaban J connectivity index is 2.92. The van der Waals surface area contributed by atoms with Crippen molar-refractivity contribution < 1.29 is 13.2 Å². The minimum absolute atomic E-state index is 0.363. The number of thiazole rings is 1. The summed E-state index contributed by atoms with van der Waals surface area (Å²) in [6, 6.07) is 0. The highest BCUT2D eigenvalue weighted by atomic mass is 32.1. The van der Waals surface area contributed by atoms with E-state index in [1.54, 1.807) is 19.0 Å². The zero-order valence-corrected chi connectivity index (χ0v) is 7.33. The van der Waals surface area contributed by atoms with Gasteiger partial charge < -0.3 is 4.90 Å². The van der Waals surface area contributed by atoms with E-state index in [0.717, 1.165) is 16.7 Å². The first-order valence-corrected chi connectivity index (χ1v) is 3.99. The molecule has 6 heteroatoms. The van der Waals surface area contributed by atoms with Gasteiger partial charge in [-0.2, -0.15) is 13.2 Å². The average Bonchev–Trinajstić information content (AvgIpc) is 2.30. The van der Waals surface area contributed by atoms with Crippen molar-refractivity contribution in [1.82, 2.24) is 4.98 Å². The third kappa shape index (κ3) is 1.88. The molecular weight excluding hydrogens is 189 g/mol. The number of hydrogen-bond donors (Lipinski definition) is 0. The van der Waals surface area contributed by atoms with Crippen molar-refractivity contribution in [3.63, 3.8) is 0 Å². The van der Waals surface area contributed by atoms with Gasteiger partial charge in [-0.15, -0.1) is 11.3 Å². The molecule has 0 atom stereocenters. The highest BCUT2D eigenvalue weighted by Crippen LogP contribution is 2.32. The van der Waals surface area contributed by atoms with Crippen molar-refractivity contribution in [1.29, 1.82) is 0 Å². The maximum Gasteiger partial charge on any atom is 0.434 e. The Morgan fingerprint density at radius 1 is 1.42 bits per heavy atom. The smallest absolute Gasteiger partial charge is 0.354 e. The lowest BCUT2D eigenvalue weighted by Crippen LogP contribution is -2.10. The molecule has 0 unspecified atom stereocenters. The summed E-state index contributed by atoms with van der Waals surface area (Å²) in [6.45, 7) is 0. The standard InChI is InChI=1S/C6H7F3N2S/c1-11(2)5-10-4(3-12-5)6(7,8)9/h3H,1-2H3. The Kier molecular flexibility index (Phi) is 2.27. The maximum absolute atomic E-state index is 12.0. The fraction of sp³-hybridized carbons (Fsp3) is 0.500. The lowest BCUT2D eigenvalue weighted by Gasteiger charge is -2.06. The van der Waals surface area contributed by atoms with Crippen LogP contribution < -0.4 is 4.90 Å². The van der Waals surface area contributed by atoms with Crippen LogP contribution in [0.3, 0.4) is 0 Å². The fourth-order valence-corrected chi connectivity index (χ4v) is 1.37. The van der Waals surface area contributed by atoms with Gasteiger partial charge in [0.2, 0.25) is 0 Å². The van der Waals surface area contributed by atoms with Crippen molar-refractivity contribution in [2.75, 3.05) is 19.0 Å². The number of anilines is 1. The molecule has 0 fully saturated rings. The first-order chi connectivity index (χ1) is 5.41. The van der Waals surface area contributed by atoms with Crippen LogP contribution in [0.1, 0.15) is 5.69 Å². The predicted octanol–water partition coefficient (Wildman–Crippen LogP) is 2.23. The quantitative estimate of drug-likeness (QED) is 0.684. The molecule has 0 aliphatic carbocycles. The molecule has 0 aliphatic heterocycles. The SMILES string of the molecule is CN(C)c1nc(C(F)(F)F)cs1. The monoisotopic (exact) mass is 196 g/mol. The van der Waals surface area contributed by atoms with Gasteiger partial charge in [-0.25, -0.2) is 4.98 Å². The van der Waals surface area contributed by atoms with E-state index in [2.05, 4.69) is 4.98 Å². The maximum atomic E-state index is 12.0. The third-order valence-electron chi connectivity index (χ3n) is 1.17. The highest BCUT2D eigenvalue weighted by Gasteiger charge is 2.33. The molecule has 68 valence electrons. The Hall–Kier alpha value is -0.780. The molecule has 1 aromatic heterocycles. The second kappa shape index (κ2) is 2.93. The first-order valence-electron chi connectivity index (χ1n) is 3.11. The van der Waals surface area contributed by atoms with E-state index < -0.39 is 11.9 Å². The Bertz CT molecular complexity index is 266. The van der Waals surface area contributed by atoms with Crippen molar-refractivity contribution in [3.05, 3.63) is 11.1 Å². The molecule has 0 amide bonds. The largest absolute Gasteiger partial charge is 0.434 e. The van der Waals surface area contributed by atoms with Crippen molar-refractivity contribution in [3.8, 4) is 0 Å². The highest BCUT2D eigenvalue weighted by molar-refractivity contribution is 7.13. The zero-order valence-electron chi connectivity index (χ0n) is 6.51. The van der Waals surface area contributed by atoms with E-state index >= 15 is 0 Å². The molecular formula is C6H7F3N2S. The van der Waals surface area contributed by atoms with Gasteiger partial charge in [0.25, 0.3) is 0 Å². The number of hydrogen-bond acceptors (Lipinski definition) is 3. The molecule has 0 radical (unpaired) electrons. The number of nitrogens with zero attached hydrogens (tertiary/aromatic N) is 2. The van der Waals surface area contributed by atoms with E-state index in [4.69, 9.17) is 0 Å². The number of rotatable bonds is 1. The Morgan fingerprint density at radius 2 is 2.00 bits per heavy atom. The van der Waals surface area contributed by atoms with E-state index in [1.807, 2.05) is 0 Å². The van der Waals surface area contributed by atoms with Crippen LogP contribution in [-0.2, 0) is 6.18 Å². The number of alkyl halides is 3. The van der Waals surface area contributed by atoms with E-state index in [9.17, 15) is 13.2 Å². The van der Waals surface area contributed by atoms with Crippen LogP contribution in [0.2, 0.25) is 0 Å². The molecule has 12 heavy (non-hydrogen) atoms. The van der Waals surface area contributed by atoms with Crippen LogP contribution in [-0.4, -0.2) is 19.1 Å². The van der Waals surface area contributed by atoms with Crippen molar-refractivity contribution in [2.24, 2.45) is 0 Å². The summed E-state index contributed by atoms with van der Waals surface area (Å²) in [5, 5.41) is 1.37. The molecule has 1 heterocycles. The van der Waals surface area contributed by atoms with Crippen molar-refractivity contribution in [2.45, 2.75) is 6.18 Å². The molecule has 1 rings (SSSR count). The van der Waals surface area contributed by atoms with Gasteiger partial charge in [-0.1, -0.05) is 0 Å². The summed E-state index contributed by atoms with van der Waals surface area (Å²) in [4.78, 5) is 4.94. The summed E-state index contributed by atoms with van der Waals surface area (Å²) in [6.07, 6.45) is -4.33. The molecule has 2 nitrogen and oxygen atoms in total. The van der Waals surface area contributed by atoms with Gasteiger partial charge in [0, 0.05) is 19.5 Å². The molecule has 0 N–H and O–H groups in total. The van der Waals surface area contributed by atoms with Gasteiger partial charge in [0.05, 0.1) is 0 Å². The second-order valence-electron chi connectivity index (χ2n) is 2.41. The molecule has 0 spiro atoms. The Labute approximate surface area is 71.6 Å². The third-order valence-corrected chi connectivity index (χ3v) is 2.17. The molecule has 1 aromatic rings. The summed E-state index contributed by atoms with van der Waals surface area (Å²) < 4.78 is 36.0. The second-order valence-corrected chi connectivity index (χ2v) is 3.24. The van der Waals surface area contributed by atoms with Crippen LogP contribution in [0.25, 0.3) is 0 Å². The van der Waals surface area contributed by atoms with Crippen LogP contribution in [0.15, 0.2) is 5.38 Å².